The Kier molecular flexibility index (Phi) is 7.91. The predicted octanol–water partition coefficient (Wildman–Crippen LogP) is 3.64. The average Bonchev–Trinajstić information content (AvgIpc) is 2.78. The largest absolute Gasteiger partial charge is 0.497 e. The zero-order valence-corrected chi connectivity index (χ0v) is 18.9. The number of aryl methyl sites for hydroxylation is 1. The maximum Gasteiger partial charge on any atom is 0.243 e. The SMILES string of the molecule is COc1ccc(CCCNC(=O)C2CCN(S(=O)(=O)c3ccc(F)c(Cl)c3)CC2)cc1. The van der Waals surface area contributed by atoms with E-state index in [1.165, 1.54) is 15.9 Å². The van der Waals surface area contributed by atoms with Gasteiger partial charge >= 0.3 is 0 Å². The van der Waals surface area contributed by atoms with Gasteiger partial charge in [0.15, 0.2) is 0 Å². The summed E-state index contributed by atoms with van der Waals surface area (Å²) in [5, 5.41) is 2.72. The molecule has 3 rings (SSSR count). The molecule has 0 bridgehead atoms. The minimum Gasteiger partial charge on any atom is -0.497 e. The number of amides is 1. The van der Waals surface area contributed by atoms with E-state index in [4.69, 9.17) is 16.3 Å². The number of halogens is 2. The summed E-state index contributed by atoms with van der Waals surface area (Å²) >= 11 is 5.72. The molecule has 1 aliphatic rings. The Balaban J connectivity index is 1.44. The summed E-state index contributed by atoms with van der Waals surface area (Å²) in [7, 11) is -2.14. The Hall–Kier alpha value is -2.16. The van der Waals surface area contributed by atoms with Crippen LogP contribution >= 0.6 is 11.6 Å². The maximum absolute atomic E-state index is 13.3. The van der Waals surface area contributed by atoms with Gasteiger partial charge in [-0.1, -0.05) is 23.7 Å². The van der Waals surface area contributed by atoms with Crippen molar-refractivity contribution in [3.8, 4) is 5.75 Å². The number of ether oxygens (including phenoxy) is 1. The Labute approximate surface area is 187 Å². The number of hydrogen-bond donors (Lipinski definition) is 1. The lowest BCUT2D eigenvalue weighted by atomic mass is 9.97. The van der Waals surface area contributed by atoms with Gasteiger partial charge < -0.3 is 10.1 Å². The first-order chi connectivity index (χ1) is 14.8. The van der Waals surface area contributed by atoms with Crippen molar-refractivity contribution in [2.45, 2.75) is 30.6 Å². The number of nitrogens with zero attached hydrogens (tertiary/aromatic N) is 1. The van der Waals surface area contributed by atoms with Crippen LogP contribution in [0.15, 0.2) is 47.4 Å². The van der Waals surface area contributed by atoms with Crippen LogP contribution in [0.3, 0.4) is 0 Å². The van der Waals surface area contributed by atoms with Gasteiger partial charge in [0.25, 0.3) is 0 Å². The summed E-state index contributed by atoms with van der Waals surface area (Å²) in [4.78, 5) is 12.4. The maximum atomic E-state index is 13.3. The van der Waals surface area contributed by atoms with E-state index in [9.17, 15) is 17.6 Å². The molecule has 0 aliphatic carbocycles. The number of piperidine rings is 1. The van der Waals surface area contributed by atoms with Gasteiger partial charge in [0.1, 0.15) is 11.6 Å². The number of carbonyl (C=O) groups excluding carboxylic acids is 1. The third-order valence-corrected chi connectivity index (χ3v) is 7.64. The first-order valence-electron chi connectivity index (χ1n) is 10.2. The Morgan fingerprint density at radius 1 is 1.19 bits per heavy atom. The Bertz CT molecular complexity index is 1010. The fourth-order valence-corrected chi connectivity index (χ4v) is 5.33. The van der Waals surface area contributed by atoms with Crippen LogP contribution in [0.4, 0.5) is 4.39 Å². The highest BCUT2D eigenvalue weighted by Crippen LogP contribution is 2.26. The van der Waals surface area contributed by atoms with Crippen molar-refractivity contribution in [3.63, 3.8) is 0 Å². The van der Waals surface area contributed by atoms with Crippen molar-refractivity contribution in [2.75, 3.05) is 26.7 Å². The highest BCUT2D eigenvalue weighted by Gasteiger charge is 2.32. The number of hydrogen-bond acceptors (Lipinski definition) is 4. The molecule has 168 valence electrons. The molecule has 0 aromatic heterocycles. The number of methoxy groups -OCH3 is 1. The van der Waals surface area contributed by atoms with Crippen molar-refractivity contribution >= 4 is 27.5 Å². The summed E-state index contributed by atoms with van der Waals surface area (Å²) in [5.74, 6) is -0.114. The molecule has 0 radical (unpaired) electrons. The monoisotopic (exact) mass is 468 g/mol. The number of sulfonamides is 1. The molecule has 0 unspecified atom stereocenters. The van der Waals surface area contributed by atoms with Gasteiger partial charge in [-0.05, 0) is 61.6 Å². The van der Waals surface area contributed by atoms with Gasteiger partial charge in [-0.25, -0.2) is 12.8 Å². The molecule has 2 aromatic rings. The second-order valence-corrected chi connectivity index (χ2v) is 9.84. The smallest absolute Gasteiger partial charge is 0.243 e. The molecule has 2 aromatic carbocycles. The number of rotatable bonds is 8. The fourth-order valence-electron chi connectivity index (χ4n) is 3.59. The lowest BCUT2D eigenvalue weighted by molar-refractivity contribution is -0.126. The quantitative estimate of drug-likeness (QED) is 0.600. The van der Waals surface area contributed by atoms with E-state index in [1.54, 1.807) is 7.11 Å². The topological polar surface area (TPSA) is 75.7 Å². The van der Waals surface area contributed by atoms with Gasteiger partial charge in [0, 0.05) is 25.6 Å². The number of carbonyl (C=O) groups is 1. The van der Waals surface area contributed by atoms with E-state index in [0.717, 1.165) is 30.7 Å². The van der Waals surface area contributed by atoms with E-state index in [0.29, 0.717) is 19.4 Å². The molecule has 0 spiro atoms. The van der Waals surface area contributed by atoms with Crippen molar-refractivity contribution in [2.24, 2.45) is 5.92 Å². The van der Waals surface area contributed by atoms with Crippen LogP contribution < -0.4 is 10.1 Å². The van der Waals surface area contributed by atoms with Crippen LogP contribution in [0.25, 0.3) is 0 Å². The zero-order chi connectivity index (χ0) is 22.4. The van der Waals surface area contributed by atoms with Crippen LogP contribution in [0.1, 0.15) is 24.8 Å². The Morgan fingerprint density at radius 2 is 1.87 bits per heavy atom. The van der Waals surface area contributed by atoms with E-state index in [2.05, 4.69) is 5.32 Å². The molecule has 0 atom stereocenters. The molecule has 1 fully saturated rings. The third kappa shape index (κ3) is 5.96. The minimum atomic E-state index is -3.77. The summed E-state index contributed by atoms with van der Waals surface area (Å²) in [6.45, 7) is 1.04. The third-order valence-electron chi connectivity index (χ3n) is 5.45. The molecule has 1 saturated heterocycles. The molecule has 1 aliphatic heterocycles. The lowest BCUT2D eigenvalue weighted by Crippen LogP contribution is -2.43. The molecular formula is C22H26ClFN2O4S. The first-order valence-corrected chi connectivity index (χ1v) is 12.0. The van der Waals surface area contributed by atoms with Gasteiger partial charge in [-0.15, -0.1) is 0 Å². The fraction of sp³-hybridized carbons (Fsp3) is 0.409. The molecule has 1 N–H and O–H groups in total. The van der Waals surface area contributed by atoms with Crippen molar-refractivity contribution in [1.29, 1.82) is 0 Å². The first kappa shape index (κ1) is 23.5. The van der Waals surface area contributed by atoms with Gasteiger partial charge in [-0.3, -0.25) is 4.79 Å². The molecule has 0 saturated carbocycles. The lowest BCUT2D eigenvalue weighted by Gasteiger charge is -2.30. The summed E-state index contributed by atoms with van der Waals surface area (Å²) in [5.41, 5.74) is 1.18. The highest BCUT2D eigenvalue weighted by molar-refractivity contribution is 7.89. The minimum absolute atomic E-state index is 0.0414. The number of nitrogens with one attached hydrogen (secondary N) is 1. The summed E-state index contributed by atoms with van der Waals surface area (Å²) in [6.07, 6.45) is 2.55. The average molecular weight is 469 g/mol. The van der Waals surface area contributed by atoms with Gasteiger partial charge in [0.2, 0.25) is 15.9 Å². The predicted molar refractivity (Wildman–Crippen MR) is 117 cm³/mol. The van der Waals surface area contributed by atoms with Crippen molar-refractivity contribution in [3.05, 3.63) is 58.9 Å². The van der Waals surface area contributed by atoms with E-state index in [1.807, 2.05) is 24.3 Å². The summed E-state index contributed by atoms with van der Waals surface area (Å²) in [6, 6.07) is 11.2. The molecule has 1 amide bonds. The van der Waals surface area contributed by atoms with Crippen molar-refractivity contribution < 1.29 is 22.3 Å². The molecular weight excluding hydrogens is 443 g/mol. The second-order valence-electron chi connectivity index (χ2n) is 7.50. The molecule has 6 nitrogen and oxygen atoms in total. The van der Waals surface area contributed by atoms with Crippen molar-refractivity contribution in [1.82, 2.24) is 9.62 Å². The van der Waals surface area contributed by atoms with E-state index in [-0.39, 0.29) is 34.8 Å². The van der Waals surface area contributed by atoms with Crippen LogP contribution in [0.2, 0.25) is 5.02 Å². The molecule has 31 heavy (non-hydrogen) atoms. The van der Waals surface area contributed by atoms with E-state index < -0.39 is 15.8 Å². The van der Waals surface area contributed by atoms with Gasteiger partial charge in [-0.2, -0.15) is 4.31 Å². The van der Waals surface area contributed by atoms with Crippen LogP contribution in [0, 0.1) is 11.7 Å². The molecule has 1 heterocycles. The second kappa shape index (κ2) is 10.4. The highest BCUT2D eigenvalue weighted by atomic mass is 35.5. The standard InChI is InChI=1S/C22H26ClFN2O4S/c1-30-18-6-4-16(5-7-18)3-2-12-25-22(27)17-10-13-26(14-11-17)31(28,29)19-8-9-21(24)20(23)15-19/h4-9,15,17H,2-3,10-14H2,1H3,(H,25,27). The van der Waals surface area contributed by atoms with Crippen LogP contribution in [-0.2, 0) is 21.2 Å². The van der Waals surface area contributed by atoms with Crippen LogP contribution in [0.5, 0.6) is 5.75 Å². The van der Waals surface area contributed by atoms with Crippen LogP contribution in [-0.4, -0.2) is 45.4 Å². The number of benzene rings is 2. The Morgan fingerprint density at radius 3 is 2.48 bits per heavy atom. The van der Waals surface area contributed by atoms with Gasteiger partial charge in [0.05, 0.1) is 17.0 Å². The molecule has 9 heteroatoms. The normalized spacial score (nSPS) is 15.6. The zero-order valence-electron chi connectivity index (χ0n) is 17.3. The summed E-state index contributed by atoms with van der Waals surface area (Å²) < 4.78 is 45.3. The van der Waals surface area contributed by atoms with E-state index >= 15 is 0 Å².